The number of hydrogen-bond donors (Lipinski definition) is 1. The summed E-state index contributed by atoms with van der Waals surface area (Å²) in [7, 11) is 0. The number of carbonyl (C=O) groups excluding carboxylic acids is 2. The first-order valence-electron chi connectivity index (χ1n) is 10.1. The van der Waals surface area contributed by atoms with E-state index in [-0.39, 0.29) is 5.57 Å². The van der Waals surface area contributed by atoms with Crippen LogP contribution in [0.4, 0.5) is 14.5 Å². The largest absolute Gasteiger partial charge is 0.507 e. The van der Waals surface area contributed by atoms with Crippen LogP contribution in [0, 0.1) is 11.6 Å². The van der Waals surface area contributed by atoms with Crippen molar-refractivity contribution in [1.82, 2.24) is 4.98 Å². The van der Waals surface area contributed by atoms with Gasteiger partial charge in [0.1, 0.15) is 17.4 Å². The van der Waals surface area contributed by atoms with Crippen LogP contribution in [0.15, 0.2) is 90.8 Å². The molecule has 1 saturated heterocycles. The van der Waals surface area contributed by atoms with Gasteiger partial charge < -0.3 is 5.11 Å². The highest BCUT2D eigenvalue weighted by Crippen LogP contribution is 2.43. The zero-order valence-corrected chi connectivity index (χ0v) is 17.1. The summed E-state index contributed by atoms with van der Waals surface area (Å²) >= 11 is 0. The van der Waals surface area contributed by atoms with Crippen LogP contribution in [0.3, 0.4) is 0 Å². The minimum atomic E-state index is -1.17. The van der Waals surface area contributed by atoms with Gasteiger partial charge in [-0.2, -0.15) is 0 Å². The number of anilines is 1. The molecule has 7 heteroatoms. The van der Waals surface area contributed by atoms with Crippen molar-refractivity contribution < 1.29 is 23.5 Å². The average Bonchev–Trinajstić information content (AvgIpc) is 3.10. The highest BCUT2D eigenvalue weighted by Gasteiger charge is 2.47. The minimum absolute atomic E-state index is 0.217. The summed E-state index contributed by atoms with van der Waals surface area (Å²) in [4.78, 5) is 31.0. The van der Waals surface area contributed by atoms with E-state index in [1.54, 1.807) is 30.3 Å². The van der Waals surface area contributed by atoms with Crippen molar-refractivity contribution in [3.8, 4) is 0 Å². The quantitative estimate of drug-likeness (QED) is 0.271. The van der Waals surface area contributed by atoms with Crippen molar-refractivity contribution >= 4 is 33.9 Å². The predicted molar refractivity (Wildman–Crippen MR) is 119 cm³/mol. The van der Waals surface area contributed by atoms with Gasteiger partial charge in [0.2, 0.25) is 0 Å². The number of Topliss-reactive ketones (excluding diaryl/α,β-unsaturated/α-hetero) is 1. The number of halogens is 2. The summed E-state index contributed by atoms with van der Waals surface area (Å²) in [6, 6.07) is 17.2. The molecule has 1 N–H and O–H groups in total. The van der Waals surface area contributed by atoms with Crippen molar-refractivity contribution in [3.63, 3.8) is 0 Å². The van der Waals surface area contributed by atoms with Crippen molar-refractivity contribution in [1.29, 1.82) is 0 Å². The van der Waals surface area contributed by atoms with E-state index in [1.807, 2.05) is 24.3 Å². The van der Waals surface area contributed by atoms with Gasteiger partial charge in [0.05, 0.1) is 17.3 Å². The Morgan fingerprint density at radius 1 is 0.879 bits per heavy atom. The van der Waals surface area contributed by atoms with Crippen LogP contribution in [0.2, 0.25) is 0 Å². The van der Waals surface area contributed by atoms with Crippen LogP contribution in [-0.4, -0.2) is 21.8 Å². The highest BCUT2D eigenvalue weighted by molar-refractivity contribution is 6.51. The van der Waals surface area contributed by atoms with Crippen LogP contribution < -0.4 is 4.90 Å². The Kier molecular flexibility index (Phi) is 4.94. The molecule has 1 fully saturated rings. The molecule has 0 aliphatic carbocycles. The van der Waals surface area contributed by atoms with E-state index in [9.17, 15) is 23.5 Å². The van der Waals surface area contributed by atoms with Gasteiger partial charge in [-0.3, -0.25) is 19.5 Å². The number of rotatable bonds is 3. The molecule has 1 atom stereocenters. The number of nitrogens with zero attached hydrogens (tertiary/aromatic N) is 2. The second kappa shape index (κ2) is 7.94. The number of pyridine rings is 1. The molecule has 1 aromatic heterocycles. The molecule has 1 amide bonds. The molecule has 0 spiro atoms. The van der Waals surface area contributed by atoms with E-state index in [2.05, 4.69) is 4.98 Å². The van der Waals surface area contributed by atoms with Crippen LogP contribution in [0.1, 0.15) is 17.2 Å². The summed E-state index contributed by atoms with van der Waals surface area (Å²) in [6.07, 6.45) is 2.90. The van der Waals surface area contributed by atoms with Gasteiger partial charge in [0, 0.05) is 24.0 Å². The summed E-state index contributed by atoms with van der Waals surface area (Å²) in [5.41, 5.74) is 0.127. The second-order valence-electron chi connectivity index (χ2n) is 7.61. The van der Waals surface area contributed by atoms with Gasteiger partial charge in [-0.25, -0.2) is 8.78 Å². The number of aliphatic hydroxyl groups excluding tert-OH is 1. The maximum atomic E-state index is 14.7. The van der Waals surface area contributed by atoms with E-state index in [0.717, 1.165) is 33.9 Å². The Morgan fingerprint density at radius 3 is 2.36 bits per heavy atom. The topological polar surface area (TPSA) is 70.5 Å². The Bertz CT molecular complexity index is 1450. The molecule has 5 rings (SSSR count). The summed E-state index contributed by atoms with van der Waals surface area (Å²) in [6.45, 7) is 0. The monoisotopic (exact) mass is 442 g/mol. The van der Waals surface area contributed by atoms with Crippen LogP contribution in [0.5, 0.6) is 0 Å². The van der Waals surface area contributed by atoms with Gasteiger partial charge in [-0.05, 0) is 46.7 Å². The Labute approximate surface area is 187 Å². The van der Waals surface area contributed by atoms with Crippen molar-refractivity contribution in [2.24, 2.45) is 0 Å². The average molecular weight is 442 g/mol. The van der Waals surface area contributed by atoms with Gasteiger partial charge in [0.15, 0.2) is 0 Å². The van der Waals surface area contributed by atoms with E-state index in [0.29, 0.717) is 11.1 Å². The summed E-state index contributed by atoms with van der Waals surface area (Å²) in [5.74, 6) is -4.10. The lowest BCUT2D eigenvalue weighted by molar-refractivity contribution is -0.132. The predicted octanol–water partition coefficient (Wildman–Crippen LogP) is 5.14. The number of ketones is 1. The first kappa shape index (κ1) is 20.5. The number of amides is 1. The lowest BCUT2D eigenvalue weighted by atomic mass is 9.95. The lowest BCUT2D eigenvalue weighted by Gasteiger charge is -2.25. The zero-order chi connectivity index (χ0) is 23.1. The Morgan fingerprint density at radius 2 is 1.61 bits per heavy atom. The van der Waals surface area contributed by atoms with Gasteiger partial charge >= 0.3 is 0 Å². The minimum Gasteiger partial charge on any atom is -0.507 e. The van der Waals surface area contributed by atoms with E-state index >= 15 is 0 Å². The van der Waals surface area contributed by atoms with Crippen LogP contribution in [-0.2, 0) is 9.59 Å². The third kappa shape index (κ3) is 3.43. The zero-order valence-electron chi connectivity index (χ0n) is 17.1. The number of aromatic nitrogens is 1. The molecular weight excluding hydrogens is 426 g/mol. The van der Waals surface area contributed by atoms with Gasteiger partial charge in [-0.15, -0.1) is 0 Å². The molecule has 162 valence electrons. The molecule has 1 aliphatic heterocycles. The van der Waals surface area contributed by atoms with Gasteiger partial charge in [0.25, 0.3) is 11.7 Å². The smallest absolute Gasteiger partial charge is 0.300 e. The normalized spacial score (nSPS) is 17.6. The molecule has 3 aromatic carbocycles. The third-order valence-electron chi connectivity index (χ3n) is 5.66. The second-order valence-corrected chi connectivity index (χ2v) is 7.61. The fourth-order valence-electron chi connectivity index (χ4n) is 4.10. The molecule has 2 heterocycles. The Balaban J connectivity index is 1.75. The number of carbonyl (C=O) groups is 2. The van der Waals surface area contributed by atoms with E-state index in [4.69, 9.17) is 0 Å². The lowest BCUT2D eigenvalue weighted by Crippen LogP contribution is -2.30. The van der Waals surface area contributed by atoms with Gasteiger partial charge in [-0.1, -0.05) is 36.4 Å². The first-order chi connectivity index (χ1) is 16.0. The SMILES string of the molecule is O=C1C(=O)N(c2cc(F)ccc2F)C(c2ccncc2)/C1=C(/O)c1ccc2ccccc2c1. The fourth-order valence-corrected chi connectivity index (χ4v) is 4.10. The van der Waals surface area contributed by atoms with Crippen molar-refractivity contribution in [2.75, 3.05) is 4.90 Å². The van der Waals surface area contributed by atoms with Crippen molar-refractivity contribution in [2.45, 2.75) is 6.04 Å². The van der Waals surface area contributed by atoms with Crippen LogP contribution in [0.25, 0.3) is 16.5 Å². The molecule has 0 saturated carbocycles. The third-order valence-corrected chi connectivity index (χ3v) is 5.66. The maximum absolute atomic E-state index is 14.7. The molecule has 1 aliphatic rings. The first-order valence-corrected chi connectivity index (χ1v) is 10.1. The molecule has 5 nitrogen and oxygen atoms in total. The molecular formula is C26H16F2N2O3. The molecule has 0 radical (unpaired) electrons. The molecule has 33 heavy (non-hydrogen) atoms. The number of fused-ring (bicyclic) bond motifs is 1. The summed E-state index contributed by atoms with van der Waals surface area (Å²) in [5, 5.41) is 12.9. The Hall–Kier alpha value is -4.39. The molecule has 0 bridgehead atoms. The standard InChI is InChI=1S/C26H16F2N2O3/c27-19-7-8-20(28)21(14-19)30-23(16-9-11-29-12-10-16)22(25(32)26(30)33)24(31)18-6-5-15-3-1-2-4-17(15)13-18/h1-14,23,31H/b24-22-. The number of benzene rings is 3. The number of aliphatic hydroxyl groups is 1. The fraction of sp³-hybridized carbons (Fsp3) is 0.0385. The molecule has 1 unspecified atom stereocenters. The number of hydrogen-bond acceptors (Lipinski definition) is 4. The van der Waals surface area contributed by atoms with E-state index in [1.165, 1.54) is 12.4 Å². The van der Waals surface area contributed by atoms with E-state index < -0.39 is 40.8 Å². The highest BCUT2D eigenvalue weighted by atomic mass is 19.1. The maximum Gasteiger partial charge on any atom is 0.300 e. The summed E-state index contributed by atoms with van der Waals surface area (Å²) < 4.78 is 28.6. The van der Waals surface area contributed by atoms with Crippen LogP contribution >= 0.6 is 0 Å². The van der Waals surface area contributed by atoms with Crippen molar-refractivity contribution in [3.05, 3.63) is 114 Å². The molecule has 4 aromatic rings.